The average Bonchev–Trinajstić information content (AvgIpc) is 2.73. The van der Waals surface area contributed by atoms with Gasteiger partial charge in [-0.15, -0.1) is 0 Å². The van der Waals surface area contributed by atoms with Crippen molar-refractivity contribution in [3.8, 4) is 0 Å². The van der Waals surface area contributed by atoms with Gasteiger partial charge in [0.25, 0.3) is 5.56 Å². The molecule has 19 heavy (non-hydrogen) atoms. The second-order valence-corrected chi connectivity index (χ2v) is 6.89. The highest BCUT2D eigenvalue weighted by molar-refractivity contribution is 7.86. The standard InChI is InChI=1S/C11H15N3O3S2/c1-6(2)14-7(4-5-15)12-9-8(10(14)16)13-11(18-9)19(3)17/h6,15H,4-5H2,1-3H3. The largest absolute Gasteiger partial charge is 0.396 e. The number of nitrogens with zero attached hydrogens (tertiary/aromatic N) is 3. The number of aliphatic hydroxyl groups excluding tert-OH is 1. The lowest BCUT2D eigenvalue weighted by atomic mass is 10.3. The number of hydrogen-bond donors (Lipinski definition) is 1. The van der Waals surface area contributed by atoms with Gasteiger partial charge in [0.1, 0.15) is 5.82 Å². The van der Waals surface area contributed by atoms with E-state index in [-0.39, 0.29) is 23.7 Å². The molecule has 1 atom stereocenters. The van der Waals surface area contributed by atoms with Gasteiger partial charge in [0.05, 0.1) is 17.4 Å². The number of aromatic nitrogens is 3. The fraction of sp³-hybridized carbons (Fsp3) is 0.545. The first-order valence-electron chi connectivity index (χ1n) is 5.82. The third kappa shape index (κ3) is 2.60. The molecule has 0 aromatic carbocycles. The Morgan fingerprint density at radius 1 is 1.42 bits per heavy atom. The molecule has 2 aromatic rings. The van der Waals surface area contributed by atoms with Crippen LogP contribution in [-0.4, -0.2) is 36.7 Å². The lowest BCUT2D eigenvalue weighted by molar-refractivity contribution is 0.292. The van der Waals surface area contributed by atoms with Crippen molar-refractivity contribution in [2.75, 3.05) is 12.9 Å². The highest BCUT2D eigenvalue weighted by atomic mass is 32.2. The van der Waals surface area contributed by atoms with Crippen molar-refractivity contribution >= 4 is 32.5 Å². The molecule has 0 bridgehead atoms. The lowest BCUT2D eigenvalue weighted by Gasteiger charge is -2.14. The average molecular weight is 301 g/mol. The molecule has 2 heterocycles. The molecule has 104 valence electrons. The molecule has 0 saturated carbocycles. The Morgan fingerprint density at radius 3 is 2.63 bits per heavy atom. The SMILES string of the molecule is CC(C)n1c(CCO)nc2sc(S(C)=O)nc2c1=O. The van der Waals surface area contributed by atoms with Crippen LogP contribution in [0.5, 0.6) is 0 Å². The van der Waals surface area contributed by atoms with Crippen LogP contribution in [0.4, 0.5) is 0 Å². The minimum Gasteiger partial charge on any atom is -0.396 e. The predicted octanol–water partition coefficient (Wildman–Crippen LogP) is 0.706. The van der Waals surface area contributed by atoms with Gasteiger partial charge in [-0.25, -0.2) is 9.97 Å². The molecule has 0 aliphatic heterocycles. The van der Waals surface area contributed by atoms with Crippen molar-refractivity contribution in [2.45, 2.75) is 30.6 Å². The highest BCUT2D eigenvalue weighted by Crippen LogP contribution is 2.21. The minimum absolute atomic E-state index is 0.0665. The van der Waals surface area contributed by atoms with Crippen LogP contribution in [-0.2, 0) is 17.2 Å². The summed E-state index contributed by atoms with van der Waals surface area (Å²) in [5.41, 5.74) is 0.0157. The summed E-state index contributed by atoms with van der Waals surface area (Å²) < 4.78 is 13.4. The van der Waals surface area contributed by atoms with Gasteiger partial charge in [-0.2, -0.15) is 0 Å². The zero-order valence-corrected chi connectivity index (χ0v) is 12.5. The van der Waals surface area contributed by atoms with E-state index in [2.05, 4.69) is 9.97 Å². The minimum atomic E-state index is -1.23. The van der Waals surface area contributed by atoms with E-state index in [4.69, 9.17) is 5.11 Å². The fourth-order valence-electron chi connectivity index (χ4n) is 1.84. The summed E-state index contributed by atoms with van der Waals surface area (Å²) >= 11 is 1.16. The molecule has 6 nitrogen and oxygen atoms in total. The van der Waals surface area contributed by atoms with E-state index >= 15 is 0 Å². The molecule has 0 saturated heterocycles. The molecule has 1 N–H and O–H groups in total. The van der Waals surface area contributed by atoms with Crippen LogP contribution >= 0.6 is 11.3 Å². The van der Waals surface area contributed by atoms with Gasteiger partial charge in [0.2, 0.25) is 0 Å². The van der Waals surface area contributed by atoms with E-state index in [1.165, 1.54) is 10.8 Å². The van der Waals surface area contributed by atoms with Crippen molar-refractivity contribution < 1.29 is 9.32 Å². The molecular weight excluding hydrogens is 286 g/mol. The van der Waals surface area contributed by atoms with E-state index < -0.39 is 10.8 Å². The van der Waals surface area contributed by atoms with Crippen LogP contribution in [0.25, 0.3) is 10.3 Å². The number of rotatable bonds is 4. The van der Waals surface area contributed by atoms with E-state index in [1.54, 1.807) is 0 Å². The summed E-state index contributed by atoms with van der Waals surface area (Å²) in [5, 5.41) is 9.07. The zero-order valence-electron chi connectivity index (χ0n) is 10.9. The van der Waals surface area contributed by atoms with Gasteiger partial charge < -0.3 is 5.11 Å². The predicted molar refractivity (Wildman–Crippen MR) is 75.2 cm³/mol. The monoisotopic (exact) mass is 301 g/mol. The highest BCUT2D eigenvalue weighted by Gasteiger charge is 2.17. The molecule has 0 spiro atoms. The molecular formula is C11H15N3O3S2. The Hall–Kier alpha value is -1.12. The summed E-state index contributed by atoms with van der Waals surface area (Å²) in [7, 11) is -1.23. The van der Waals surface area contributed by atoms with Crippen LogP contribution in [0.3, 0.4) is 0 Å². The molecule has 8 heteroatoms. The third-order valence-corrected chi connectivity index (χ3v) is 4.90. The zero-order chi connectivity index (χ0) is 14.2. The van der Waals surface area contributed by atoms with Crippen molar-refractivity contribution in [1.29, 1.82) is 0 Å². The number of fused-ring (bicyclic) bond motifs is 1. The topological polar surface area (TPSA) is 85.1 Å². The molecule has 2 aromatic heterocycles. The van der Waals surface area contributed by atoms with E-state index in [9.17, 15) is 9.00 Å². The normalized spacial score (nSPS) is 13.3. The maximum absolute atomic E-state index is 12.4. The third-order valence-electron chi connectivity index (χ3n) is 2.62. The first-order valence-corrected chi connectivity index (χ1v) is 8.19. The van der Waals surface area contributed by atoms with E-state index in [1.807, 2.05) is 13.8 Å². The smallest absolute Gasteiger partial charge is 0.281 e. The number of thiazole rings is 1. The summed E-state index contributed by atoms with van der Waals surface area (Å²) in [6, 6.07) is -0.0665. The second-order valence-electron chi connectivity index (χ2n) is 4.36. The lowest BCUT2D eigenvalue weighted by Crippen LogP contribution is -2.27. The first kappa shape index (κ1) is 14.3. The molecule has 2 rings (SSSR count). The second kappa shape index (κ2) is 5.48. The van der Waals surface area contributed by atoms with Gasteiger partial charge >= 0.3 is 0 Å². The molecule has 0 radical (unpaired) electrons. The number of hydrogen-bond acceptors (Lipinski definition) is 6. The molecule has 0 fully saturated rings. The summed E-state index contributed by atoms with van der Waals surface area (Å²) in [6.07, 6.45) is 1.83. The van der Waals surface area contributed by atoms with Gasteiger partial charge in [-0.1, -0.05) is 11.3 Å². The Morgan fingerprint density at radius 2 is 2.11 bits per heavy atom. The Kier molecular flexibility index (Phi) is 4.12. The molecule has 0 amide bonds. The maximum atomic E-state index is 12.4. The van der Waals surface area contributed by atoms with Crippen molar-refractivity contribution in [2.24, 2.45) is 0 Å². The quantitative estimate of drug-likeness (QED) is 0.899. The Balaban J connectivity index is 2.77. The van der Waals surface area contributed by atoms with Crippen molar-refractivity contribution in [1.82, 2.24) is 14.5 Å². The van der Waals surface area contributed by atoms with Crippen LogP contribution in [0.1, 0.15) is 25.7 Å². The van der Waals surface area contributed by atoms with E-state index in [0.29, 0.717) is 21.4 Å². The van der Waals surface area contributed by atoms with Crippen molar-refractivity contribution in [3.63, 3.8) is 0 Å². The van der Waals surface area contributed by atoms with E-state index in [0.717, 1.165) is 11.3 Å². The Bertz CT molecular complexity index is 690. The first-order chi connectivity index (χ1) is 8.95. The Labute approximate surface area is 116 Å². The molecule has 0 aliphatic rings. The molecule has 1 unspecified atom stereocenters. The number of aliphatic hydroxyl groups is 1. The van der Waals surface area contributed by atoms with Crippen molar-refractivity contribution in [3.05, 3.63) is 16.2 Å². The van der Waals surface area contributed by atoms with Gasteiger partial charge in [0.15, 0.2) is 14.7 Å². The van der Waals surface area contributed by atoms with Gasteiger partial charge in [0, 0.05) is 18.7 Å². The van der Waals surface area contributed by atoms with Crippen LogP contribution < -0.4 is 5.56 Å². The van der Waals surface area contributed by atoms with Crippen LogP contribution in [0.15, 0.2) is 9.13 Å². The molecule has 0 aliphatic carbocycles. The summed E-state index contributed by atoms with van der Waals surface area (Å²) in [4.78, 5) is 21.4. The van der Waals surface area contributed by atoms with Gasteiger partial charge in [-0.3, -0.25) is 13.6 Å². The summed E-state index contributed by atoms with van der Waals surface area (Å²) in [5.74, 6) is 0.534. The fourth-order valence-corrected chi connectivity index (χ4v) is 3.45. The van der Waals surface area contributed by atoms with Crippen LogP contribution in [0, 0.1) is 0 Å². The summed E-state index contributed by atoms with van der Waals surface area (Å²) in [6.45, 7) is 3.68. The van der Waals surface area contributed by atoms with Gasteiger partial charge in [-0.05, 0) is 13.8 Å². The van der Waals surface area contributed by atoms with Crippen LogP contribution in [0.2, 0.25) is 0 Å². The maximum Gasteiger partial charge on any atom is 0.281 e.